The Kier molecular flexibility index (Phi) is 5.02. The smallest absolute Gasteiger partial charge is 0.410 e. The highest BCUT2D eigenvalue weighted by Crippen LogP contribution is 2.52. The molecule has 1 aliphatic carbocycles. The van der Waals surface area contributed by atoms with Gasteiger partial charge in [-0.2, -0.15) is 0 Å². The lowest BCUT2D eigenvalue weighted by Gasteiger charge is -2.52. The minimum Gasteiger partial charge on any atom is -0.444 e. The first-order valence-electron chi connectivity index (χ1n) is 9.45. The van der Waals surface area contributed by atoms with Gasteiger partial charge in [-0.05, 0) is 80.4 Å². The molecule has 2 fully saturated rings. The Balaban J connectivity index is 1.21. The van der Waals surface area contributed by atoms with Crippen LogP contribution in [0.2, 0.25) is 0 Å². The van der Waals surface area contributed by atoms with Crippen LogP contribution in [0.1, 0.15) is 46.5 Å². The summed E-state index contributed by atoms with van der Waals surface area (Å²) in [5.74, 6) is 0.689. The Labute approximate surface area is 177 Å². The van der Waals surface area contributed by atoms with Crippen LogP contribution in [0.4, 0.5) is 9.93 Å². The molecule has 1 saturated carbocycles. The molecular weight excluding hydrogens is 477 g/mol. The summed E-state index contributed by atoms with van der Waals surface area (Å²) in [6.45, 7) is 8.35. The number of nitrogens with zero attached hydrogens (tertiary/aromatic N) is 4. The van der Waals surface area contributed by atoms with Gasteiger partial charge in [0.15, 0.2) is 0 Å². The van der Waals surface area contributed by atoms with Crippen molar-refractivity contribution in [3.63, 3.8) is 0 Å². The lowest BCUT2D eigenvalue weighted by atomic mass is 9.57. The molecule has 1 N–H and O–H groups in total. The number of aromatic nitrogens is 3. The second-order valence-electron chi connectivity index (χ2n) is 8.82. The van der Waals surface area contributed by atoms with Crippen LogP contribution in [0.5, 0.6) is 0 Å². The highest BCUT2D eigenvalue weighted by atomic mass is 127. The zero-order chi connectivity index (χ0) is 19.2. The summed E-state index contributed by atoms with van der Waals surface area (Å²) in [7, 11) is 0. The molecule has 1 aliphatic heterocycles. The summed E-state index contributed by atoms with van der Waals surface area (Å²) in [6.07, 6.45) is 6.43. The van der Waals surface area contributed by atoms with Crippen molar-refractivity contribution in [3.05, 3.63) is 9.90 Å². The first kappa shape index (κ1) is 19.2. The van der Waals surface area contributed by atoms with Crippen molar-refractivity contribution in [2.75, 3.05) is 25.0 Å². The number of imidazole rings is 1. The van der Waals surface area contributed by atoms with Gasteiger partial charge < -0.3 is 15.0 Å². The predicted molar refractivity (Wildman–Crippen MR) is 114 cm³/mol. The van der Waals surface area contributed by atoms with Crippen molar-refractivity contribution in [2.24, 2.45) is 11.3 Å². The quantitative estimate of drug-likeness (QED) is 0.635. The van der Waals surface area contributed by atoms with E-state index in [-0.39, 0.29) is 6.09 Å². The lowest BCUT2D eigenvalue weighted by Crippen LogP contribution is -2.50. The largest absolute Gasteiger partial charge is 0.444 e. The zero-order valence-electron chi connectivity index (χ0n) is 16.0. The molecule has 27 heavy (non-hydrogen) atoms. The van der Waals surface area contributed by atoms with E-state index in [1.54, 1.807) is 11.3 Å². The van der Waals surface area contributed by atoms with Gasteiger partial charge in [0, 0.05) is 19.6 Å². The monoisotopic (exact) mass is 503 g/mol. The normalized spacial score (nSPS) is 20.1. The fraction of sp³-hybridized carbons (Fsp3) is 0.722. The standard InChI is InChI=1S/C18H26IN5O2S/c1-17(2,3)26-16(25)23-6-4-18(5-7-23)8-12(9-18)10-20-14-22-24-11-13(19)21-15(24)27-14/h11-12H,4-10H2,1-3H3,(H,20,22). The zero-order valence-corrected chi connectivity index (χ0v) is 19.0. The van der Waals surface area contributed by atoms with Gasteiger partial charge in [-0.15, -0.1) is 5.10 Å². The van der Waals surface area contributed by atoms with Crippen molar-refractivity contribution in [1.82, 2.24) is 19.5 Å². The first-order chi connectivity index (χ1) is 12.7. The molecule has 3 heterocycles. The maximum atomic E-state index is 12.2. The third-order valence-corrected chi connectivity index (χ3v) is 6.87. The summed E-state index contributed by atoms with van der Waals surface area (Å²) < 4.78 is 8.30. The second-order valence-corrected chi connectivity index (χ2v) is 10.9. The minimum atomic E-state index is -0.422. The molecule has 0 bridgehead atoms. The van der Waals surface area contributed by atoms with Crippen LogP contribution in [0.25, 0.3) is 4.96 Å². The molecule has 1 spiro atoms. The van der Waals surface area contributed by atoms with Crippen LogP contribution in [0.15, 0.2) is 6.20 Å². The van der Waals surface area contributed by atoms with Gasteiger partial charge in [0.2, 0.25) is 10.1 Å². The number of anilines is 1. The third kappa shape index (κ3) is 4.33. The molecular formula is C18H26IN5O2S. The predicted octanol–water partition coefficient (Wildman–Crippen LogP) is 4.23. The van der Waals surface area contributed by atoms with Crippen molar-refractivity contribution in [2.45, 2.75) is 52.1 Å². The highest BCUT2D eigenvalue weighted by molar-refractivity contribution is 14.1. The van der Waals surface area contributed by atoms with Crippen LogP contribution < -0.4 is 5.32 Å². The summed E-state index contributed by atoms with van der Waals surface area (Å²) in [5, 5.41) is 8.94. The van der Waals surface area contributed by atoms with Gasteiger partial charge in [-0.1, -0.05) is 11.3 Å². The topological polar surface area (TPSA) is 71.8 Å². The Morgan fingerprint density at radius 3 is 2.74 bits per heavy atom. The van der Waals surface area contributed by atoms with E-state index in [0.29, 0.717) is 11.3 Å². The number of ether oxygens (including phenoxy) is 1. The van der Waals surface area contributed by atoms with E-state index in [0.717, 1.165) is 46.3 Å². The van der Waals surface area contributed by atoms with E-state index in [4.69, 9.17) is 4.74 Å². The number of rotatable bonds is 3. The summed E-state index contributed by atoms with van der Waals surface area (Å²) >= 11 is 3.80. The highest BCUT2D eigenvalue weighted by Gasteiger charge is 2.46. The Morgan fingerprint density at radius 1 is 1.41 bits per heavy atom. The van der Waals surface area contributed by atoms with E-state index in [2.05, 4.69) is 38.0 Å². The van der Waals surface area contributed by atoms with E-state index in [9.17, 15) is 4.79 Å². The van der Waals surface area contributed by atoms with Gasteiger partial charge in [-0.25, -0.2) is 14.3 Å². The Morgan fingerprint density at radius 2 is 2.11 bits per heavy atom. The second kappa shape index (κ2) is 7.06. The molecule has 2 aromatic heterocycles. The fourth-order valence-electron chi connectivity index (χ4n) is 4.18. The molecule has 0 unspecified atom stereocenters. The van der Waals surface area contributed by atoms with Crippen LogP contribution in [0, 0.1) is 15.0 Å². The molecule has 2 aromatic rings. The van der Waals surface area contributed by atoms with Gasteiger partial charge in [0.05, 0.1) is 6.20 Å². The number of hydrogen-bond acceptors (Lipinski definition) is 6. The molecule has 1 amide bonds. The molecule has 0 atom stereocenters. The number of hydrogen-bond donors (Lipinski definition) is 1. The molecule has 148 valence electrons. The van der Waals surface area contributed by atoms with E-state index < -0.39 is 5.60 Å². The number of fused-ring (bicyclic) bond motifs is 1. The van der Waals surface area contributed by atoms with Gasteiger partial charge in [-0.3, -0.25) is 0 Å². The average Bonchev–Trinajstić information content (AvgIpc) is 3.06. The van der Waals surface area contributed by atoms with E-state index >= 15 is 0 Å². The van der Waals surface area contributed by atoms with Crippen LogP contribution in [0.3, 0.4) is 0 Å². The Hall–Kier alpha value is -1.10. The first-order valence-corrected chi connectivity index (χ1v) is 11.3. The number of likely N-dealkylation sites (tertiary alicyclic amines) is 1. The molecule has 0 radical (unpaired) electrons. The summed E-state index contributed by atoms with van der Waals surface area (Å²) in [5.41, 5.74) is 0.00749. The minimum absolute atomic E-state index is 0.168. The number of carbonyl (C=O) groups is 1. The van der Waals surface area contributed by atoms with Crippen LogP contribution in [-0.4, -0.2) is 50.8 Å². The number of carbonyl (C=O) groups excluding carboxylic acids is 1. The van der Waals surface area contributed by atoms with Gasteiger partial charge >= 0.3 is 6.09 Å². The number of nitrogens with one attached hydrogen (secondary N) is 1. The fourth-order valence-corrected chi connectivity index (χ4v) is 5.63. The summed E-state index contributed by atoms with van der Waals surface area (Å²) in [4.78, 5) is 19.4. The van der Waals surface area contributed by atoms with E-state index in [1.807, 2.05) is 36.4 Å². The maximum Gasteiger partial charge on any atom is 0.410 e. The Bertz CT molecular complexity index is 795. The van der Waals surface area contributed by atoms with E-state index in [1.165, 1.54) is 12.8 Å². The molecule has 4 rings (SSSR count). The molecule has 2 aliphatic rings. The lowest BCUT2D eigenvalue weighted by molar-refractivity contribution is -0.0241. The molecule has 9 heteroatoms. The molecule has 1 saturated heterocycles. The maximum absolute atomic E-state index is 12.2. The number of piperidine rings is 1. The van der Waals surface area contributed by atoms with Crippen molar-refractivity contribution >= 4 is 50.1 Å². The van der Waals surface area contributed by atoms with Gasteiger partial charge in [0.1, 0.15) is 9.30 Å². The van der Waals surface area contributed by atoms with Gasteiger partial charge in [0.25, 0.3) is 0 Å². The number of amides is 1. The molecule has 7 nitrogen and oxygen atoms in total. The van der Waals surface area contributed by atoms with Crippen molar-refractivity contribution in [1.29, 1.82) is 0 Å². The number of halogens is 1. The average molecular weight is 503 g/mol. The van der Waals surface area contributed by atoms with Crippen LogP contribution >= 0.6 is 33.9 Å². The van der Waals surface area contributed by atoms with Crippen LogP contribution in [-0.2, 0) is 4.74 Å². The summed E-state index contributed by atoms with van der Waals surface area (Å²) in [6, 6.07) is 0. The third-order valence-electron chi connectivity index (χ3n) is 5.47. The van der Waals surface area contributed by atoms with Crippen molar-refractivity contribution in [3.8, 4) is 0 Å². The van der Waals surface area contributed by atoms with Crippen molar-refractivity contribution < 1.29 is 9.53 Å². The molecule has 0 aromatic carbocycles. The SMILES string of the molecule is CC(C)(C)OC(=O)N1CCC2(CC1)CC(CNc1nn3cc(I)nc3s1)C2.